The fourth-order valence-corrected chi connectivity index (χ4v) is 2.99. The molecule has 0 bridgehead atoms. The first-order valence-electron chi connectivity index (χ1n) is 5.79. The van der Waals surface area contributed by atoms with Gasteiger partial charge in [0.1, 0.15) is 0 Å². The van der Waals surface area contributed by atoms with Crippen LogP contribution in [0.25, 0.3) is 0 Å². The molecule has 0 saturated carbocycles. The van der Waals surface area contributed by atoms with Crippen LogP contribution in [0, 0.1) is 6.92 Å². The Morgan fingerprint density at radius 1 is 1.39 bits per heavy atom. The second kappa shape index (κ2) is 5.35. The molecule has 1 heterocycles. The zero-order valence-corrected chi connectivity index (χ0v) is 11.4. The third-order valence-electron chi connectivity index (χ3n) is 2.88. The Morgan fingerprint density at radius 2 is 2.17 bits per heavy atom. The molecule has 0 spiro atoms. The third kappa shape index (κ3) is 2.79. The standard InChI is InChI=1S/C13H17N3OS/c1-10-3-4-13(12(14)9-10)18(17)8-6-11-5-7-15-16(11)2/h3-5,7,9H,6,8,14H2,1-2H3. The number of aryl methyl sites for hydroxylation is 3. The molecule has 1 atom stereocenters. The number of nitrogens with two attached hydrogens (primary N) is 1. The number of rotatable bonds is 4. The molecule has 0 fully saturated rings. The van der Waals surface area contributed by atoms with Crippen molar-refractivity contribution in [3.63, 3.8) is 0 Å². The second-order valence-corrected chi connectivity index (χ2v) is 5.83. The number of hydrogen-bond donors (Lipinski definition) is 1. The average molecular weight is 263 g/mol. The van der Waals surface area contributed by atoms with Gasteiger partial charge in [-0.3, -0.25) is 8.89 Å². The molecule has 2 rings (SSSR count). The molecular weight excluding hydrogens is 246 g/mol. The zero-order valence-electron chi connectivity index (χ0n) is 10.6. The highest BCUT2D eigenvalue weighted by atomic mass is 32.2. The van der Waals surface area contributed by atoms with Gasteiger partial charge in [-0.1, -0.05) is 6.07 Å². The zero-order chi connectivity index (χ0) is 13.1. The van der Waals surface area contributed by atoms with E-state index in [0.717, 1.165) is 22.6 Å². The van der Waals surface area contributed by atoms with Crippen molar-refractivity contribution < 1.29 is 4.21 Å². The molecule has 18 heavy (non-hydrogen) atoms. The Labute approximate surface area is 109 Å². The van der Waals surface area contributed by atoms with Crippen LogP contribution in [0.15, 0.2) is 35.4 Å². The van der Waals surface area contributed by atoms with Gasteiger partial charge in [0.05, 0.1) is 15.7 Å². The monoisotopic (exact) mass is 263 g/mol. The summed E-state index contributed by atoms with van der Waals surface area (Å²) in [5.74, 6) is 0.562. The number of aromatic nitrogens is 2. The predicted molar refractivity (Wildman–Crippen MR) is 73.8 cm³/mol. The van der Waals surface area contributed by atoms with Crippen LogP contribution in [0.4, 0.5) is 5.69 Å². The quantitative estimate of drug-likeness (QED) is 0.853. The van der Waals surface area contributed by atoms with E-state index in [1.807, 2.05) is 38.2 Å². The second-order valence-electron chi connectivity index (χ2n) is 4.29. The fraction of sp³-hybridized carbons (Fsp3) is 0.308. The normalized spacial score (nSPS) is 12.6. The van der Waals surface area contributed by atoms with Gasteiger partial charge in [0.2, 0.25) is 0 Å². The highest BCUT2D eigenvalue weighted by Crippen LogP contribution is 2.18. The SMILES string of the molecule is Cc1ccc(S(=O)CCc2ccnn2C)c(N)c1. The molecule has 0 amide bonds. The van der Waals surface area contributed by atoms with Gasteiger partial charge in [-0.2, -0.15) is 5.10 Å². The summed E-state index contributed by atoms with van der Waals surface area (Å²) in [6, 6.07) is 7.59. The van der Waals surface area contributed by atoms with Gasteiger partial charge < -0.3 is 5.73 Å². The van der Waals surface area contributed by atoms with Gasteiger partial charge in [-0.25, -0.2) is 0 Å². The molecule has 5 heteroatoms. The number of anilines is 1. The van der Waals surface area contributed by atoms with Crippen LogP contribution in [0.3, 0.4) is 0 Å². The summed E-state index contributed by atoms with van der Waals surface area (Å²) < 4.78 is 14.0. The first kappa shape index (κ1) is 12.8. The van der Waals surface area contributed by atoms with Gasteiger partial charge >= 0.3 is 0 Å². The largest absolute Gasteiger partial charge is 0.398 e. The maximum Gasteiger partial charge on any atom is 0.0617 e. The highest BCUT2D eigenvalue weighted by Gasteiger charge is 2.09. The Morgan fingerprint density at radius 3 is 2.78 bits per heavy atom. The van der Waals surface area contributed by atoms with Crippen molar-refractivity contribution >= 4 is 16.5 Å². The topological polar surface area (TPSA) is 60.9 Å². The molecule has 0 saturated heterocycles. The van der Waals surface area contributed by atoms with E-state index in [0.29, 0.717) is 11.4 Å². The van der Waals surface area contributed by atoms with Crippen molar-refractivity contribution in [2.75, 3.05) is 11.5 Å². The van der Waals surface area contributed by atoms with Crippen molar-refractivity contribution in [3.05, 3.63) is 41.7 Å². The molecule has 1 aromatic carbocycles. The average Bonchev–Trinajstić information content (AvgIpc) is 2.72. The van der Waals surface area contributed by atoms with Crippen LogP contribution in [-0.2, 0) is 24.3 Å². The Balaban J connectivity index is 2.06. The summed E-state index contributed by atoms with van der Waals surface area (Å²) in [4.78, 5) is 0.725. The Kier molecular flexibility index (Phi) is 3.81. The van der Waals surface area contributed by atoms with Gasteiger partial charge in [0.25, 0.3) is 0 Å². The summed E-state index contributed by atoms with van der Waals surface area (Å²) in [6.45, 7) is 1.97. The predicted octanol–water partition coefficient (Wildman–Crippen LogP) is 1.66. The minimum absolute atomic E-state index is 0.562. The molecule has 96 valence electrons. The van der Waals surface area contributed by atoms with Crippen molar-refractivity contribution in [2.45, 2.75) is 18.2 Å². The van der Waals surface area contributed by atoms with Crippen LogP contribution in [0.1, 0.15) is 11.3 Å². The molecule has 4 nitrogen and oxygen atoms in total. The lowest BCUT2D eigenvalue weighted by atomic mass is 10.2. The van der Waals surface area contributed by atoms with Crippen molar-refractivity contribution in [2.24, 2.45) is 7.05 Å². The molecule has 0 radical (unpaired) electrons. The van der Waals surface area contributed by atoms with E-state index in [1.165, 1.54) is 0 Å². The minimum atomic E-state index is -1.06. The summed E-state index contributed by atoms with van der Waals surface area (Å²) >= 11 is 0. The summed E-state index contributed by atoms with van der Waals surface area (Å²) in [7, 11) is 0.825. The summed E-state index contributed by atoms with van der Waals surface area (Å²) in [5, 5.41) is 4.09. The van der Waals surface area contributed by atoms with Gasteiger partial charge in [0.15, 0.2) is 0 Å². The summed E-state index contributed by atoms with van der Waals surface area (Å²) in [6.07, 6.45) is 2.48. The smallest absolute Gasteiger partial charge is 0.0617 e. The van der Waals surface area contributed by atoms with Gasteiger partial charge in [-0.15, -0.1) is 0 Å². The van der Waals surface area contributed by atoms with Gasteiger partial charge in [0, 0.05) is 36.8 Å². The first-order chi connectivity index (χ1) is 8.58. The van der Waals surface area contributed by atoms with E-state index < -0.39 is 10.8 Å². The molecule has 0 aliphatic heterocycles. The Hall–Kier alpha value is -1.62. The minimum Gasteiger partial charge on any atom is -0.398 e. The lowest BCUT2D eigenvalue weighted by Gasteiger charge is -2.07. The fourth-order valence-electron chi connectivity index (χ4n) is 1.83. The number of benzene rings is 1. The molecular formula is C13H17N3OS. The summed E-state index contributed by atoms with van der Waals surface area (Å²) in [5.41, 5.74) is 8.66. The molecule has 0 aliphatic carbocycles. The molecule has 2 N–H and O–H groups in total. The maximum absolute atomic E-state index is 12.2. The molecule has 2 aromatic rings. The first-order valence-corrected chi connectivity index (χ1v) is 7.11. The van der Waals surface area contributed by atoms with E-state index in [2.05, 4.69) is 5.10 Å². The molecule has 1 aromatic heterocycles. The van der Waals surface area contributed by atoms with E-state index in [-0.39, 0.29) is 0 Å². The van der Waals surface area contributed by atoms with Crippen LogP contribution in [0.5, 0.6) is 0 Å². The third-order valence-corrected chi connectivity index (χ3v) is 4.31. The lowest BCUT2D eigenvalue weighted by Crippen LogP contribution is -2.07. The van der Waals surface area contributed by atoms with Crippen LogP contribution in [0.2, 0.25) is 0 Å². The number of nitrogens with zero attached hydrogens (tertiary/aromatic N) is 2. The number of hydrogen-bond acceptors (Lipinski definition) is 3. The van der Waals surface area contributed by atoms with Crippen molar-refractivity contribution in [3.8, 4) is 0 Å². The van der Waals surface area contributed by atoms with Crippen molar-refractivity contribution in [1.82, 2.24) is 9.78 Å². The lowest BCUT2D eigenvalue weighted by molar-refractivity contribution is 0.678. The van der Waals surface area contributed by atoms with E-state index >= 15 is 0 Å². The highest BCUT2D eigenvalue weighted by molar-refractivity contribution is 7.85. The van der Waals surface area contributed by atoms with Crippen LogP contribution < -0.4 is 5.73 Å². The van der Waals surface area contributed by atoms with E-state index in [9.17, 15) is 4.21 Å². The van der Waals surface area contributed by atoms with E-state index in [4.69, 9.17) is 5.73 Å². The number of nitrogen functional groups attached to an aromatic ring is 1. The maximum atomic E-state index is 12.2. The van der Waals surface area contributed by atoms with Crippen LogP contribution in [-0.4, -0.2) is 19.7 Å². The molecule has 0 aliphatic rings. The van der Waals surface area contributed by atoms with Gasteiger partial charge in [-0.05, 0) is 30.7 Å². The van der Waals surface area contributed by atoms with E-state index in [1.54, 1.807) is 10.9 Å². The Bertz CT molecular complexity index is 577. The van der Waals surface area contributed by atoms with Crippen LogP contribution >= 0.6 is 0 Å². The van der Waals surface area contributed by atoms with Crippen molar-refractivity contribution in [1.29, 1.82) is 0 Å². The molecule has 1 unspecified atom stereocenters.